The highest BCUT2D eigenvalue weighted by Gasteiger charge is 2.63. The van der Waals surface area contributed by atoms with Crippen molar-refractivity contribution in [3.63, 3.8) is 0 Å². The molecule has 27 heavy (non-hydrogen) atoms. The lowest BCUT2D eigenvalue weighted by molar-refractivity contribution is -0.160. The van der Waals surface area contributed by atoms with Gasteiger partial charge in [-0.15, -0.1) is 0 Å². The summed E-state index contributed by atoms with van der Waals surface area (Å²) in [6, 6.07) is 0. The summed E-state index contributed by atoms with van der Waals surface area (Å²) >= 11 is 0. The van der Waals surface area contributed by atoms with Gasteiger partial charge in [0.25, 0.3) is 0 Å². The molecule has 10 atom stereocenters. The smallest absolute Gasteiger partial charge is 0.302 e. The van der Waals surface area contributed by atoms with E-state index in [-0.39, 0.29) is 36.1 Å². The van der Waals surface area contributed by atoms with Crippen molar-refractivity contribution in [2.24, 2.45) is 29.6 Å². The van der Waals surface area contributed by atoms with Crippen LogP contribution in [-0.4, -0.2) is 47.7 Å². The van der Waals surface area contributed by atoms with Crippen molar-refractivity contribution < 1.29 is 24.1 Å². The Labute approximate surface area is 162 Å². The predicted molar refractivity (Wildman–Crippen MR) is 101 cm³/mol. The zero-order chi connectivity index (χ0) is 19.5. The highest BCUT2D eigenvalue weighted by molar-refractivity contribution is 5.66. The van der Waals surface area contributed by atoms with Crippen LogP contribution in [0.1, 0.15) is 53.4 Å². The molecular formula is C22H34O5. The molecule has 3 heterocycles. The van der Waals surface area contributed by atoms with Crippen molar-refractivity contribution in [2.75, 3.05) is 6.61 Å². The van der Waals surface area contributed by atoms with E-state index >= 15 is 0 Å². The molecule has 2 bridgehead atoms. The van der Waals surface area contributed by atoms with E-state index in [9.17, 15) is 9.90 Å². The number of rotatable bonds is 1. The van der Waals surface area contributed by atoms with Gasteiger partial charge in [-0.25, -0.2) is 0 Å². The van der Waals surface area contributed by atoms with E-state index < -0.39 is 11.7 Å². The van der Waals surface area contributed by atoms with Gasteiger partial charge in [-0.3, -0.25) is 4.79 Å². The lowest BCUT2D eigenvalue weighted by atomic mass is 9.59. The Morgan fingerprint density at radius 1 is 1.30 bits per heavy atom. The Morgan fingerprint density at radius 3 is 2.74 bits per heavy atom. The highest BCUT2D eigenvalue weighted by Crippen LogP contribution is 2.57. The summed E-state index contributed by atoms with van der Waals surface area (Å²) in [6.07, 6.45) is 2.29. The average Bonchev–Trinajstić information content (AvgIpc) is 2.95. The largest absolute Gasteiger partial charge is 0.462 e. The lowest BCUT2D eigenvalue weighted by Gasteiger charge is -2.46. The number of aliphatic hydroxyl groups is 1. The van der Waals surface area contributed by atoms with Gasteiger partial charge in [-0.2, -0.15) is 0 Å². The molecule has 3 aliphatic heterocycles. The van der Waals surface area contributed by atoms with E-state index in [1.54, 1.807) is 0 Å². The van der Waals surface area contributed by atoms with Crippen molar-refractivity contribution in [1.82, 2.24) is 0 Å². The van der Waals surface area contributed by atoms with E-state index in [0.717, 1.165) is 25.0 Å². The highest BCUT2D eigenvalue weighted by atomic mass is 16.6. The normalized spacial score (nSPS) is 52.3. The van der Waals surface area contributed by atoms with Gasteiger partial charge >= 0.3 is 5.97 Å². The molecule has 0 spiro atoms. The lowest BCUT2D eigenvalue weighted by Crippen LogP contribution is -2.52. The molecule has 152 valence electrons. The Balaban J connectivity index is 1.79. The van der Waals surface area contributed by atoms with Crippen LogP contribution in [0, 0.1) is 29.6 Å². The third-order valence-corrected chi connectivity index (χ3v) is 7.78. The second-order valence-electron chi connectivity index (χ2n) is 9.72. The molecule has 0 aromatic carbocycles. The second kappa shape index (κ2) is 6.85. The Morgan fingerprint density at radius 2 is 2.04 bits per heavy atom. The van der Waals surface area contributed by atoms with Crippen LogP contribution in [0.25, 0.3) is 0 Å². The molecule has 1 N–H and O–H groups in total. The van der Waals surface area contributed by atoms with E-state index in [4.69, 9.17) is 14.2 Å². The maximum Gasteiger partial charge on any atom is 0.302 e. The third-order valence-electron chi connectivity index (χ3n) is 7.78. The summed E-state index contributed by atoms with van der Waals surface area (Å²) in [5, 5.41) is 10.6. The van der Waals surface area contributed by atoms with E-state index in [2.05, 4.69) is 27.4 Å². The third kappa shape index (κ3) is 3.16. The van der Waals surface area contributed by atoms with Gasteiger partial charge in [-0.1, -0.05) is 20.4 Å². The van der Waals surface area contributed by atoms with Gasteiger partial charge in [0.15, 0.2) is 0 Å². The summed E-state index contributed by atoms with van der Waals surface area (Å²) in [7, 11) is 0. The summed E-state index contributed by atoms with van der Waals surface area (Å²) in [5.41, 5.74) is 0.403. The summed E-state index contributed by atoms with van der Waals surface area (Å²) < 4.78 is 19.0. The molecule has 3 saturated heterocycles. The SMILES string of the molecule is C=C1CC2OC3[C@H]4C(C[C@@H](C)[C@@H](OC(C)=O)[C@@H]24)[C@@H](C)CO[C@@]3(C)CC[C@@H]1O. The molecule has 0 aromatic rings. The molecule has 1 aliphatic carbocycles. The fraction of sp³-hybridized carbons (Fsp3) is 0.864. The first-order valence-electron chi connectivity index (χ1n) is 10.5. The van der Waals surface area contributed by atoms with Crippen LogP contribution in [-0.2, 0) is 19.0 Å². The van der Waals surface area contributed by atoms with Crippen molar-refractivity contribution >= 4 is 5.97 Å². The van der Waals surface area contributed by atoms with Gasteiger partial charge in [0, 0.05) is 12.8 Å². The second-order valence-corrected chi connectivity index (χ2v) is 9.72. The number of esters is 1. The van der Waals surface area contributed by atoms with Crippen molar-refractivity contribution in [1.29, 1.82) is 0 Å². The molecule has 4 aliphatic rings. The molecule has 4 fully saturated rings. The molecule has 5 nitrogen and oxygen atoms in total. The Hall–Kier alpha value is -0.910. The minimum absolute atomic E-state index is 0.0221. The molecule has 1 saturated carbocycles. The predicted octanol–water partition coefficient (Wildman–Crippen LogP) is 3.10. The van der Waals surface area contributed by atoms with Crippen LogP contribution >= 0.6 is 0 Å². The van der Waals surface area contributed by atoms with E-state index in [1.807, 2.05) is 0 Å². The first-order chi connectivity index (χ1) is 12.7. The standard InChI is InChI=1S/C22H34O5/c1-11-9-17-19-18-15(8-12(2)20(19)26-14(4)23)13(3)10-25-22(5,21(18)27-17)7-6-16(11)24/h12-13,15-21,24H,1,6-10H2,2-5H3/t12-,13+,15?,16+,17?,18+,19+,20-,21?,22+/m1/s1. The number of hydrogen-bond acceptors (Lipinski definition) is 5. The van der Waals surface area contributed by atoms with Crippen molar-refractivity contribution in [3.8, 4) is 0 Å². The maximum absolute atomic E-state index is 11.9. The maximum atomic E-state index is 11.9. The zero-order valence-corrected chi connectivity index (χ0v) is 17.0. The van der Waals surface area contributed by atoms with Crippen LogP contribution in [0.15, 0.2) is 12.2 Å². The molecule has 0 aromatic heterocycles. The molecular weight excluding hydrogens is 344 g/mol. The zero-order valence-electron chi connectivity index (χ0n) is 17.0. The van der Waals surface area contributed by atoms with Gasteiger partial charge in [0.2, 0.25) is 0 Å². The molecule has 5 heteroatoms. The summed E-state index contributed by atoms with van der Waals surface area (Å²) in [6.45, 7) is 13.0. The molecule has 0 amide bonds. The number of carbonyl (C=O) groups is 1. The Bertz CT molecular complexity index is 618. The van der Waals surface area contributed by atoms with Crippen LogP contribution < -0.4 is 0 Å². The minimum atomic E-state index is -0.531. The van der Waals surface area contributed by atoms with Crippen LogP contribution in [0.2, 0.25) is 0 Å². The topological polar surface area (TPSA) is 65.0 Å². The molecule has 4 rings (SSSR count). The van der Waals surface area contributed by atoms with E-state index in [1.165, 1.54) is 6.92 Å². The minimum Gasteiger partial charge on any atom is -0.462 e. The van der Waals surface area contributed by atoms with Gasteiger partial charge in [-0.05, 0) is 61.9 Å². The number of hydrogen-bond donors (Lipinski definition) is 1. The van der Waals surface area contributed by atoms with Crippen LogP contribution in [0.5, 0.6) is 0 Å². The quantitative estimate of drug-likeness (QED) is 0.561. The fourth-order valence-corrected chi connectivity index (χ4v) is 6.36. The number of fused-ring (bicyclic) bond motifs is 2. The first-order valence-corrected chi connectivity index (χ1v) is 10.5. The van der Waals surface area contributed by atoms with Crippen molar-refractivity contribution in [2.45, 2.75) is 83.4 Å². The number of ether oxygens (including phenoxy) is 3. The van der Waals surface area contributed by atoms with Crippen molar-refractivity contribution in [3.05, 3.63) is 12.2 Å². The van der Waals surface area contributed by atoms with Gasteiger partial charge in [0.05, 0.1) is 30.5 Å². The number of carbonyl (C=O) groups excluding carboxylic acids is 1. The monoisotopic (exact) mass is 378 g/mol. The average molecular weight is 379 g/mol. The number of aliphatic hydroxyl groups excluding tert-OH is 1. The van der Waals surface area contributed by atoms with Gasteiger partial charge < -0.3 is 19.3 Å². The fourth-order valence-electron chi connectivity index (χ4n) is 6.36. The van der Waals surface area contributed by atoms with E-state index in [0.29, 0.717) is 30.6 Å². The van der Waals surface area contributed by atoms with Gasteiger partial charge in [0.1, 0.15) is 6.10 Å². The van der Waals surface area contributed by atoms with Crippen LogP contribution in [0.3, 0.4) is 0 Å². The molecule has 3 unspecified atom stereocenters. The molecule has 0 radical (unpaired) electrons. The van der Waals surface area contributed by atoms with Crippen LogP contribution in [0.4, 0.5) is 0 Å². The summed E-state index contributed by atoms with van der Waals surface area (Å²) in [5.74, 6) is 1.47. The summed E-state index contributed by atoms with van der Waals surface area (Å²) in [4.78, 5) is 11.9. The Kier molecular flexibility index (Phi) is 4.93. The first kappa shape index (κ1) is 19.4.